The van der Waals surface area contributed by atoms with E-state index in [-0.39, 0.29) is 5.54 Å². The molecule has 0 rings (SSSR count). The van der Waals surface area contributed by atoms with E-state index in [9.17, 15) is 0 Å². The van der Waals surface area contributed by atoms with Crippen LogP contribution in [0.25, 0.3) is 0 Å². The van der Waals surface area contributed by atoms with Gasteiger partial charge in [-0.2, -0.15) is 0 Å². The molecule has 0 aliphatic carbocycles. The predicted molar refractivity (Wildman–Crippen MR) is 81.2 cm³/mol. The number of hydrogen-bond donors (Lipinski definition) is 1. The summed E-state index contributed by atoms with van der Waals surface area (Å²) in [6.45, 7) is 12.0. The molecule has 2 heteroatoms. The summed E-state index contributed by atoms with van der Waals surface area (Å²) in [5, 5.41) is 3.52. The van der Waals surface area contributed by atoms with Gasteiger partial charge in [-0.1, -0.05) is 39.0 Å². The largest absolute Gasteiger partial charge is 0.381 e. The van der Waals surface area contributed by atoms with Crippen molar-refractivity contribution in [2.75, 3.05) is 19.8 Å². The van der Waals surface area contributed by atoms with Crippen molar-refractivity contribution in [2.24, 2.45) is 0 Å². The van der Waals surface area contributed by atoms with Crippen molar-refractivity contribution in [3.05, 3.63) is 0 Å². The molecule has 0 spiro atoms. The minimum Gasteiger partial charge on any atom is -0.381 e. The van der Waals surface area contributed by atoms with Gasteiger partial charge in [0.05, 0.1) is 0 Å². The molecule has 0 aromatic rings. The van der Waals surface area contributed by atoms with Crippen LogP contribution in [0.1, 0.15) is 79.1 Å². The maximum Gasteiger partial charge on any atom is 0.0466 e. The second kappa shape index (κ2) is 12.0. The van der Waals surface area contributed by atoms with E-state index in [2.05, 4.69) is 33.0 Å². The zero-order valence-corrected chi connectivity index (χ0v) is 13.2. The van der Waals surface area contributed by atoms with Gasteiger partial charge in [0.25, 0.3) is 0 Å². The van der Waals surface area contributed by atoms with Crippen molar-refractivity contribution >= 4 is 0 Å². The van der Waals surface area contributed by atoms with Crippen LogP contribution in [0.4, 0.5) is 0 Å². The molecule has 18 heavy (non-hydrogen) atoms. The topological polar surface area (TPSA) is 21.3 Å². The van der Waals surface area contributed by atoms with Crippen molar-refractivity contribution in [1.82, 2.24) is 5.32 Å². The summed E-state index contributed by atoms with van der Waals surface area (Å²) in [4.78, 5) is 0. The molecule has 0 saturated carbocycles. The second-order valence-corrected chi connectivity index (χ2v) is 6.26. The monoisotopic (exact) mass is 257 g/mol. The molecule has 0 aliphatic heterocycles. The van der Waals surface area contributed by atoms with Crippen molar-refractivity contribution in [3.63, 3.8) is 0 Å². The van der Waals surface area contributed by atoms with Crippen molar-refractivity contribution in [2.45, 2.75) is 84.6 Å². The number of hydrogen-bond acceptors (Lipinski definition) is 2. The lowest BCUT2D eigenvalue weighted by atomic mass is 10.1. The highest BCUT2D eigenvalue weighted by atomic mass is 16.5. The van der Waals surface area contributed by atoms with E-state index in [0.29, 0.717) is 0 Å². The minimum atomic E-state index is 0.265. The highest BCUT2D eigenvalue weighted by Gasteiger charge is 2.06. The van der Waals surface area contributed by atoms with Gasteiger partial charge in [0.15, 0.2) is 0 Å². The fraction of sp³-hybridized carbons (Fsp3) is 1.00. The molecule has 2 nitrogen and oxygen atoms in total. The Balaban J connectivity index is 2.99. The molecule has 110 valence electrons. The Bertz CT molecular complexity index is 163. The van der Waals surface area contributed by atoms with E-state index in [1.165, 1.54) is 51.4 Å². The maximum atomic E-state index is 5.63. The standard InChI is InChI=1S/C16H35NO/c1-5-6-7-11-14-18-15-12-9-8-10-13-17-16(2,3)4/h17H,5-15H2,1-4H3. The van der Waals surface area contributed by atoms with Crippen LogP contribution in [0.3, 0.4) is 0 Å². The van der Waals surface area contributed by atoms with E-state index in [1.54, 1.807) is 0 Å². The van der Waals surface area contributed by atoms with Crippen LogP contribution < -0.4 is 5.32 Å². The zero-order chi connectivity index (χ0) is 13.7. The van der Waals surface area contributed by atoms with Gasteiger partial charge >= 0.3 is 0 Å². The minimum absolute atomic E-state index is 0.265. The summed E-state index contributed by atoms with van der Waals surface area (Å²) >= 11 is 0. The molecular weight excluding hydrogens is 222 g/mol. The van der Waals surface area contributed by atoms with E-state index in [0.717, 1.165) is 19.8 Å². The number of ether oxygens (including phenoxy) is 1. The normalized spacial score (nSPS) is 12.0. The van der Waals surface area contributed by atoms with E-state index >= 15 is 0 Å². The summed E-state index contributed by atoms with van der Waals surface area (Å²) < 4.78 is 5.63. The first-order chi connectivity index (χ1) is 8.56. The highest BCUT2D eigenvalue weighted by Crippen LogP contribution is 2.03. The third kappa shape index (κ3) is 15.9. The third-order valence-electron chi connectivity index (χ3n) is 3.01. The smallest absolute Gasteiger partial charge is 0.0466 e. The lowest BCUT2D eigenvalue weighted by Gasteiger charge is -2.20. The van der Waals surface area contributed by atoms with Gasteiger partial charge in [-0.15, -0.1) is 0 Å². The predicted octanol–water partition coefficient (Wildman–Crippen LogP) is 4.53. The number of nitrogens with one attached hydrogen (secondary N) is 1. The van der Waals surface area contributed by atoms with Gasteiger partial charge in [0.1, 0.15) is 0 Å². The van der Waals surface area contributed by atoms with E-state index < -0.39 is 0 Å². The van der Waals surface area contributed by atoms with Crippen LogP contribution in [0.5, 0.6) is 0 Å². The van der Waals surface area contributed by atoms with Crippen molar-refractivity contribution in [3.8, 4) is 0 Å². The summed E-state index contributed by atoms with van der Waals surface area (Å²) in [6, 6.07) is 0. The first-order valence-corrected chi connectivity index (χ1v) is 7.89. The summed E-state index contributed by atoms with van der Waals surface area (Å²) in [5.41, 5.74) is 0.265. The number of rotatable bonds is 12. The molecule has 0 unspecified atom stereocenters. The molecule has 0 radical (unpaired) electrons. The Morgan fingerprint density at radius 3 is 1.89 bits per heavy atom. The van der Waals surface area contributed by atoms with Crippen LogP contribution in [-0.4, -0.2) is 25.3 Å². The van der Waals surface area contributed by atoms with Crippen molar-refractivity contribution < 1.29 is 4.74 Å². The summed E-state index contributed by atoms with van der Waals surface area (Å²) in [6.07, 6.45) is 10.4. The molecule has 0 fully saturated rings. The van der Waals surface area contributed by atoms with Gasteiger partial charge in [0, 0.05) is 18.8 Å². The summed E-state index contributed by atoms with van der Waals surface area (Å²) in [7, 11) is 0. The molecule has 0 bridgehead atoms. The second-order valence-electron chi connectivity index (χ2n) is 6.26. The van der Waals surface area contributed by atoms with Crippen LogP contribution in [-0.2, 0) is 4.74 Å². The Morgan fingerprint density at radius 2 is 1.33 bits per heavy atom. The van der Waals surface area contributed by atoms with E-state index in [1.807, 2.05) is 0 Å². The fourth-order valence-corrected chi connectivity index (χ4v) is 1.88. The zero-order valence-electron chi connectivity index (χ0n) is 13.2. The van der Waals surface area contributed by atoms with Crippen LogP contribution in [0, 0.1) is 0 Å². The Morgan fingerprint density at radius 1 is 0.778 bits per heavy atom. The average molecular weight is 257 g/mol. The fourth-order valence-electron chi connectivity index (χ4n) is 1.88. The lowest BCUT2D eigenvalue weighted by molar-refractivity contribution is 0.125. The van der Waals surface area contributed by atoms with E-state index in [4.69, 9.17) is 4.74 Å². The molecular formula is C16H35NO. The molecule has 0 amide bonds. The molecule has 0 heterocycles. The molecule has 0 saturated heterocycles. The average Bonchev–Trinajstić information content (AvgIpc) is 2.29. The maximum absolute atomic E-state index is 5.63. The molecule has 0 aromatic heterocycles. The van der Waals surface area contributed by atoms with Gasteiger partial charge in [-0.3, -0.25) is 0 Å². The van der Waals surface area contributed by atoms with Crippen molar-refractivity contribution in [1.29, 1.82) is 0 Å². The van der Waals surface area contributed by atoms with Crippen LogP contribution in [0.15, 0.2) is 0 Å². The summed E-state index contributed by atoms with van der Waals surface area (Å²) in [5.74, 6) is 0. The first-order valence-electron chi connectivity index (χ1n) is 7.89. The van der Waals surface area contributed by atoms with Crippen LogP contribution >= 0.6 is 0 Å². The highest BCUT2D eigenvalue weighted by molar-refractivity contribution is 4.69. The Hall–Kier alpha value is -0.0800. The Kier molecular flexibility index (Phi) is 11.9. The molecule has 0 aliphatic rings. The lowest BCUT2D eigenvalue weighted by Crippen LogP contribution is -2.36. The first kappa shape index (κ1) is 17.9. The number of unbranched alkanes of at least 4 members (excludes halogenated alkanes) is 6. The van der Waals surface area contributed by atoms with Gasteiger partial charge in [-0.25, -0.2) is 0 Å². The van der Waals surface area contributed by atoms with Crippen LogP contribution in [0.2, 0.25) is 0 Å². The van der Waals surface area contributed by atoms with Gasteiger partial charge in [-0.05, 0) is 46.6 Å². The third-order valence-corrected chi connectivity index (χ3v) is 3.01. The SMILES string of the molecule is CCCCCCOCCCCCCNC(C)(C)C. The quantitative estimate of drug-likeness (QED) is 0.519. The van der Waals surface area contributed by atoms with Gasteiger partial charge < -0.3 is 10.1 Å². The van der Waals surface area contributed by atoms with Gasteiger partial charge in [0.2, 0.25) is 0 Å². The molecule has 1 N–H and O–H groups in total. The Labute approximate surface area is 115 Å². The molecule has 0 aromatic carbocycles. The molecule has 0 atom stereocenters.